The summed E-state index contributed by atoms with van der Waals surface area (Å²) in [6.07, 6.45) is 0. The van der Waals surface area contributed by atoms with E-state index in [0.29, 0.717) is 11.8 Å². The highest BCUT2D eigenvalue weighted by Gasteiger charge is 2.25. The summed E-state index contributed by atoms with van der Waals surface area (Å²) in [6.45, 7) is 12.1. The lowest BCUT2D eigenvalue weighted by Crippen LogP contribution is -2.36. The minimum atomic E-state index is 0.0285. The quantitative estimate of drug-likeness (QED) is 0.722. The van der Waals surface area contributed by atoms with Crippen molar-refractivity contribution in [3.05, 3.63) is 0 Å². The van der Waals surface area contributed by atoms with Crippen molar-refractivity contribution in [3.63, 3.8) is 0 Å². The molecular formula is C14H26N6. The molecule has 6 nitrogen and oxygen atoms in total. The van der Waals surface area contributed by atoms with Crippen molar-refractivity contribution in [1.82, 2.24) is 10.6 Å². The number of nitrogens with one attached hydrogen (secondary N) is 2. The van der Waals surface area contributed by atoms with E-state index in [1.165, 1.54) is 0 Å². The van der Waals surface area contributed by atoms with Crippen molar-refractivity contribution >= 4 is 11.7 Å². The molecule has 2 aliphatic rings. The molecule has 0 saturated heterocycles. The van der Waals surface area contributed by atoms with Crippen molar-refractivity contribution in [2.75, 3.05) is 26.2 Å². The zero-order valence-corrected chi connectivity index (χ0v) is 12.9. The van der Waals surface area contributed by atoms with E-state index in [9.17, 15) is 0 Å². The first kappa shape index (κ1) is 14.9. The third-order valence-electron chi connectivity index (χ3n) is 3.54. The lowest BCUT2D eigenvalue weighted by molar-refractivity contribution is 0.515. The average molecular weight is 278 g/mol. The molecule has 0 fully saturated rings. The number of azo groups is 1. The number of hydrogen-bond donors (Lipinski definition) is 2. The van der Waals surface area contributed by atoms with Gasteiger partial charge in [-0.05, 0) is 11.8 Å². The lowest BCUT2D eigenvalue weighted by Gasteiger charge is -2.19. The SMILES string of the molecule is CC(C)C(N=NC(C1=NCCN1)C(C)C)C1=NCCN1. The Balaban J connectivity index is 2.10. The highest BCUT2D eigenvalue weighted by atomic mass is 15.2. The Bertz CT molecular complexity index is 372. The summed E-state index contributed by atoms with van der Waals surface area (Å²) in [4.78, 5) is 8.97. The van der Waals surface area contributed by atoms with Gasteiger partial charge in [-0.2, -0.15) is 10.2 Å². The van der Waals surface area contributed by atoms with Crippen LogP contribution in [0.2, 0.25) is 0 Å². The van der Waals surface area contributed by atoms with Crippen LogP contribution in [0.4, 0.5) is 0 Å². The molecule has 0 aromatic carbocycles. The molecule has 0 aromatic rings. The number of hydrogen-bond acceptors (Lipinski definition) is 6. The minimum Gasteiger partial charge on any atom is -0.370 e. The van der Waals surface area contributed by atoms with E-state index < -0.39 is 0 Å². The van der Waals surface area contributed by atoms with Crippen molar-refractivity contribution in [3.8, 4) is 0 Å². The summed E-state index contributed by atoms with van der Waals surface area (Å²) >= 11 is 0. The summed E-state index contributed by atoms with van der Waals surface area (Å²) in [5, 5.41) is 15.8. The molecular weight excluding hydrogens is 252 g/mol. The van der Waals surface area contributed by atoms with Crippen LogP contribution in [0.1, 0.15) is 27.7 Å². The Labute approximate surface area is 121 Å². The van der Waals surface area contributed by atoms with Gasteiger partial charge in [0.2, 0.25) is 0 Å². The smallest absolute Gasteiger partial charge is 0.130 e. The van der Waals surface area contributed by atoms with Gasteiger partial charge in [-0.1, -0.05) is 27.7 Å². The third kappa shape index (κ3) is 3.55. The van der Waals surface area contributed by atoms with Crippen LogP contribution < -0.4 is 10.6 Å². The highest BCUT2D eigenvalue weighted by molar-refractivity contribution is 5.90. The van der Waals surface area contributed by atoms with Gasteiger partial charge in [0.05, 0.1) is 13.1 Å². The molecule has 2 aliphatic heterocycles. The monoisotopic (exact) mass is 278 g/mol. The molecule has 2 atom stereocenters. The van der Waals surface area contributed by atoms with E-state index in [-0.39, 0.29) is 12.1 Å². The van der Waals surface area contributed by atoms with Gasteiger partial charge in [-0.25, -0.2) is 0 Å². The maximum atomic E-state index is 4.58. The zero-order chi connectivity index (χ0) is 14.5. The minimum absolute atomic E-state index is 0.0285. The van der Waals surface area contributed by atoms with Crippen LogP contribution in [0.3, 0.4) is 0 Å². The Hall–Kier alpha value is -1.46. The summed E-state index contributed by atoms with van der Waals surface area (Å²) in [7, 11) is 0. The van der Waals surface area contributed by atoms with E-state index in [4.69, 9.17) is 0 Å². The molecule has 0 aromatic heterocycles. The average Bonchev–Trinajstić information content (AvgIpc) is 3.06. The maximum Gasteiger partial charge on any atom is 0.130 e. The van der Waals surface area contributed by atoms with Crippen LogP contribution >= 0.6 is 0 Å². The topological polar surface area (TPSA) is 73.5 Å². The van der Waals surface area contributed by atoms with Gasteiger partial charge < -0.3 is 10.6 Å². The fourth-order valence-electron chi connectivity index (χ4n) is 2.38. The lowest BCUT2D eigenvalue weighted by atomic mass is 10.0. The summed E-state index contributed by atoms with van der Waals surface area (Å²) < 4.78 is 0. The molecule has 6 heteroatoms. The first-order valence-electron chi connectivity index (χ1n) is 7.56. The van der Waals surface area contributed by atoms with E-state index in [1.54, 1.807) is 0 Å². The highest BCUT2D eigenvalue weighted by Crippen LogP contribution is 2.15. The van der Waals surface area contributed by atoms with Crippen LogP contribution in [-0.4, -0.2) is 49.9 Å². The van der Waals surface area contributed by atoms with Crippen molar-refractivity contribution < 1.29 is 0 Å². The number of amidine groups is 2. The van der Waals surface area contributed by atoms with Gasteiger partial charge in [-0.15, -0.1) is 0 Å². The fourth-order valence-corrected chi connectivity index (χ4v) is 2.38. The zero-order valence-electron chi connectivity index (χ0n) is 12.9. The second-order valence-corrected chi connectivity index (χ2v) is 6.00. The van der Waals surface area contributed by atoms with Gasteiger partial charge in [-0.3, -0.25) is 9.98 Å². The second kappa shape index (κ2) is 6.81. The van der Waals surface area contributed by atoms with Crippen molar-refractivity contribution in [2.24, 2.45) is 32.0 Å². The second-order valence-electron chi connectivity index (χ2n) is 6.00. The van der Waals surface area contributed by atoms with Gasteiger partial charge in [0, 0.05) is 13.1 Å². The molecule has 20 heavy (non-hydrogen) atoms. The van der Waals surface area contributed by atoms with Crippen LogP contribution in [0.15, 0.2) is 20.2 Å². The van der Waals surface area contributed by atoms with E-state index in [2.05, 4.69) is 58.5 Å². The van der Waals surface area contributed by atoms with Crippen LogP contribution in [0.25, 0.3) is 0 Å². The number of aliphatic imine (C=N–C) groups is 2. The maximum absolute atomic E-state index is 4.58. The largest absolute Gasteiger partial charge is 0.370 e. The number of rotatable bonds is 6. The van der Waals surface area contributed by atoms with Crippen LogP contribution in [-0.2, 0) is 0 Å². The Morgan fingerprint density at radius 3 is 1.45 bits per heavy atom. The van der Waals surface area contributed by atoms with E-state index in [1.807, 2.05) is 0 Å². The van der Waals surface area contributed by atoms with Crippen molar-refractivity contribution in [1.29, 1.82) is 0 Å². The molecule has 2 rings (SSSR count). The molecule has 0 saturated carbocycles. The summed E-state index contributed by atoms with van der Waals surface area (Å²) in [5.74, 6) is 2.73. The molecule has 2 heterocycles. The standard InChI is InChI=1S/C14H26N6/c1-9(2)11(13-15-5-6-16-13)19-20-12(10(3)4)14-17-7-8-18-14/h9-12H,5-8H2,1-4H3,(H,15,16)(H,17,18). The normalized spacial score (nSPS) is 21.9. The first-order chi connectivity index (χ1) is 9.59. The van der Waals surface area contributed by atoms with Gasteiger partial charge in [0.1, 0.15) is 23.8 Å². The summed E-state index contributed by atoms with van der Waals surface area (Å²) in [5.41, 5.74) is 0. The molecule has 2 unspecified atom stereocenters. The Kier molecular flexibility index (Phi) is 5.09. The van der Waals surface area contributed by atoms with Crippen molar-refractivity contribution in [2.45, 2.75) is 39.8 Å². The van der Waals surface area contributed by atoms with Gasteiger partial charge in [0.25, 0.3) is 0 Å². The van der Waals surface area contributed by atoms with Crippen LogP contribution in [0.5, 0.6) is 0 Å². The molecule has 0 amide bonds. The van der Waals surface area contributed by atoms with Gasteiger partial charge in [0.15, 0.2) is 0 Å². The van der Waals surface area contributed by atoms with Gasteiger partial charge >= 0.3 is 0 Å². The molecule has 0 spiro atoms. The van der Waals surface area contributed by atoms with E-state index in [0.717, 1.165) is 37.9 Å². The summed E-state index contributed by atoms with van der Waals surface area (Å²) in [6, 6.07) is 0.0570. The predicted molar refractivity (Wildman–Crippen MR) is 82.7 cm³/mol. The molecule has 0 bridgehead atoms. The molecule has 2 N–H and O–H groups in total. The van der Waals surface area contributed by atoms with Crippen LogP contribution in [0, 0.1) is 11.8 Å². The Morgan fingerprint density at radius 2 is 1.20 bits per heavy atom. The first-order valence-corrected chi connectivity index (χ1v) is 7.56. The Morgan fingerprint density at radius 1 is 0.800 bits per heavy atom. The number of nitrogens with zero attached hydrogens (tertiary/aromatic N) is 4. The molecule has 0 aliphatic carbocycles. The molecule has 112 valence electrons. The predicted octanol–water partition coefficient (Wildman–Crippen LogP) is 1.49. The van der Waals surface area contributed by atoms with E-state index >= 15 is 0 Å². The fraction of sp³-hybridized carbons (Fsp3) is 0.857. The third-order valence-corrected chi connectivity index (χ3v) is 3.54. The molecule has 0 radical (unpaired) electrons.